The molecule has 0 aliphatic carbocycles. The van der Waals surface area contributed by atoms with Crippen LogP contribution < -0.4 is 5.32 Å². The van der Waals surface area contributed by atoms with Gasteiger partial charge in [-0.05, 0) is 25.3 Å². The highest BCUT2D eigenvalue weighted by molar-refractivity contribution is 7.10. The van der Waals surface area contributed by atoms with Crippen molar-refractivity contribution < 1.29 is 0 Å². The van der Waals surface area contributed by atoms with Crippen molar-refractivity contribution in [2.75, 3.05) is 0 Å². The molecule has 0 saturated heterocycles. The second kappa shape index (κ2) is 5.27. The van der Waals surface area contributed by atoms with Crippen LogP contribution in [-0.4, -0.2) is 9.78 Å². The summed E-state index contributed by atoms with van der Waals surface area (Å²) >= 11 is 1.79. The van der Waals surface area contributed by atoms with Gasteiger partial charge in [0.05, 0.1) is 6.20 Å². The van der Waals surface area contributed by atoms with Crippen molar-refractivity contribution in [1.29, 1.82) is 0 Å². The number of aryl methyl sites for hydroxylation is 1. The van der Waals surface area contributed by atoms with Gasteiger partial charge in [-0.15, -0.1) is 11.3 Å². The molecular weight excluding hydrogens is 218 g/mol. The van der Waals surface area contributed by atoms with Crippen LogP contribution in [0.15, 0.2) is 29.9 Å². The highest BCUT2D eigenvalue weighted by Gasteiger charge is 2.05. The SMILES string of the molecule is CCn1cc(CN[C@@H](C)c2cccs2)cn1. The Morgan fingerprint density at radius 3 is 3.06 bits per heavy atom. The molecule has 86 valence electrons. The van der Waals surface area contributed by atoms with E-state index in [1.54, 1.807) is 11.3 Å². The van der Waals surface area contributed by atoms with E-state index >= 15 is 0 Å². The van der Waals surface area contributed by atoms with E-state index in [0.29, 0.717) is 6.04 Å². The van der Waals surface area contributed by atoms with Gasteiger partial charge in [-0.3, -0.25) is 4.68 Å². The van der Waals surface area contributed by atoms with Crippen molar-refractivity contribution in [2.45, 2.75) is 33.0 Å². The van der Waals surface area contributed by atoms with Crippen molar-refractivity contribution in [3.05, 3.63) is 40.3 Å². The van der Waals surface area contributed by atoms with E-state index in [2.05, 4.69) is 48.0 Å². The first-order valence-electron chi connectivity index (χ1n) is 5.57. The van der Waals surface area contributed by atoms with Crippen LogP contribution in [0, 0.1) is 0 Å². The molecule has 1 atom stereocenters. The summed E-state index contributed by atoms with van der Waals surface area (Å²) in [6.07, 6.45) is 4.02. The van der Waals surface area contributed by atoms with Crippen LogP contribution in [0.25, 0.3) is 0 Å². The third-order valence-corrected chi connectivity index (χ3v) is 3.65. The Morgan fingerprint density at radius 1 is 1.56 bits per heavy atom. The normalized spacial score (nSPS) is 12.9. The van der Waals surface area contributed by atoms with Gasteiger partial charge in [-0.1, -0.05) is 6.07 Å². The van der Waals surface area contributed by atoms with Crippen molar-refractivity contribution >= 4 is 11.3 Å². The predicted octanol–water partition coefficient (Wildman–Crippen LogP) is 2.82. The maximum atomic E-state index is 4.25. The maximum absolute atomic E-state index is 4.25. The summed E-state index contributed by atoms with van der Waals surface area (Å²) in [5.74, 6) is 0. The van der Waals surface area contributed by atoms with Crippen molar-refractivity contribution in [3.63, 3.8) is 0 Å². The lowest BCUT2D eigenvalue weighted by molar-refractivity contribution is 0.582. The first-order chi connectivity index (χ1) is 7.79. The number of nitrogens with zero attached hydrogens (tertiary/aromatic N) is 2. The Hall–Kier alpha value is -1.13. The van der Waals surface area contributed by atoms with Gasteiger partial charge in [0.25, 0.3) is 0 Å². The molecule has 16 heavy (non-hydrogen) atoms. The van der Waals surface area contributed by atoms with Crippen molar-refractivity contribution in [3.8, 4) is 0 Å². The van der Waals surface area contributed by atoms with E-state index in [9.17, 15) is 0 Å². The quantitative estimate of drug-likeness (QED) is 0.863. The van der Waals surface area contributed by atoms with Crippen LogP contribution in [0.5, 0.6) is 0 Å². The molecule has 0 bridgehead atoms. The van der Waals surface area contributed by atoms with Crippen molar-refractivity contribution in [2.24, 2.45) is 0 Å². The fourth-order valence-electron chi connectivity index (χ4n) is 1.58. The largest absolute Gasteiger partial charge is 0.305 e. The molecule has 0 fully saturated rings. The molecule has 4 heteroatoms. The number of hydrogen-bond donors (Lipinski definition) is 1. The molecule has 0 spiro atoms. The molecule has 2 aromatic heterocycles. The van der Waals surface area contributed by atoms with Crippen LogP contribution in [0.3, 0.4) is 0 Å². The maximum Gasteiger partial charge on any atom is 0.0534 e. The van der Waals surface area contributed by atoms with E-state index in [1.165, 1.54) is 10.4 Å². The third-order valence-electron chi connectivity index (χ3n) is 2.59. The minimum atomic E-state index is 0.407. The Morgan fingerprint density at radius 2 is 2.44 bits per heavy atom. The zero-order valence-corrected chi connectivity index (χ0v) is 10.5. The number of hydrogen-bond acceptors (Lipinski definition) is 3. The molecule has 0 radical (unpaired) electrons. The average Bonchev–Trinajstić information content (AvgIpc) is 2.96. The van der Waals surface area contributed by atoms with Gasteiger partial charge < -0.3 is 5.32 Å². The summed E-state index contributed by atoms with van der Waals surface area (Å²) < 4.78 is 1.95. The molecule has 2 aromatic rings. The molecule has 0 aliphatic heterocycles. The summed E-state index contributed by atoms with van der Waals surface area (Å²) in [5, 5.41) is 9.86. The van der Waals surface area contributed by atoms with Crippen LogP contribution in [0.1, 0.15) is 30.3 Å². The van der Waals surface area contributed by atoms with Gasteiger partial charge in [0.2, 0.25) is 0 Å². The van der Waals surface area contributed by atoms with E-state index in [-0.39, 0.29) is 0 Å². The third kappa shape index (κ3) is 2.71. The van der Waals surface area contributed by atoms with Gasteiger partial charge in [0.1, 0.15) is 0 Å². The molecule has 0 aromatic carbocycles. The predicted molar refractivity (Wildman–Crippen MR) is 67.5 cm³/mol. The highest BCUT2D eigenvalue weighted by Crippen LogP contribution is 2.18. The van der Waals surface area contributed by atoms with Crippen LogP contribution in [0.2, 0.25) is 0 Å². The first kappa shape index (κ1) is 11.4. The highest BCUT2D eigenvalue weighted by atomic mass is 32.1. The van der Waals surface area contributed by atoms with E-state index in [4.69, 9.17) is 0 Å². The summed E-state index contributed by atoms with van der Waals surface area (Å²) in [6, 6.07) is 4.66. The lowest BCUT2D eigenvalue weighted by Gasteiger charge is -2.10. The van der Waals surface area contributed by atoms with Gasteiger partial charge in [-0.2, -0.15) is 5.10 Å². The second-order valence-corrected chi connectivity index (χ2v) is 4.80. The number of rotatable bonds is 5. The smallest absolute Gasteiger partial charge is 0.0534 e. The van der Waals surface area contributed by atoms with E-state index < -0.39 is 0 Å². The molecule has 2 heterocycles. The van der Waals surface area contributed by atoms with Crippen LogP contribution in [-0.2, 0) is 13.1 Å². The van der Waals surface area contributed by atoms with Gasteiger partial charge in [0, 0.05) is 35.8 Å². The number of nitrogens with one attached hydrogen (secondary N) is 1. The lowest BCUT2D eigenvalue weighted by Crippen LogP contribution is -2.16. The minimum Gasteiger partial charge on any atom is -0.305 e. The molecule has 2 rings (SSSR count). The fourth-order valence-corrected chi connectivity index (χ4v) is 2.34. The molecule has 1 N–H and O–H groups in total. The van der Waals surface area contributed by atoms with Gasteiger partial charge in [0.15, 0.2) is 0 Å². The first-order valence-corrected chi connectivity index (χ1v) is 6.45. The molecule has 3 nitrogen and oxygen atoms in total. The van der Waals surface area contributed by atoms with E-state index in [0.717, 1.165) is 13.1 Å². The van der Waals surface area contributed by atoms with Gasteiger partial charge >= 0.3 is 0 Å². The average molecular weight is 235 g/mol. The Labute approximate surface area is 100 Å². The Bertz CT molecular complexity index is 419. The minimum absolute atomic E-state index is 0.407. The summed E-state index contributed by atoms with van der Waals surface area (Å²) in [6.45, 7) is 6.09. The Kier molecular flexibility index (Phi) is 3.74. The molecule has 0 aliphatic rings. The van der Waals surface area contributed by atoms with Gasteiger partial charge in [-0.25, -0.2) is 0 Å². The molecule has 0 amide bonds. The zero-order valence-electron chi connectivity index (χ0n) is 9.68. The van der Waals surface area contributed by atoms with Crippen LogP contribution >= 0.6 is 11.3 Å². The van der Waals surface area contributed by atoms with Crippen molar-refractivity contribution in [1.82, 2.24) is 15.1 Å². The Balaban J connectivity index is 1.87. The summed E-state index contributed by atoms with van der Waals surface area (Å²) in [5.41, 5.74) is 1.24. The fraction of sp³-hybridized carbons (Fsp3) is 0.417. The molecule has 0 unspecified atom stereocenters. The second-order valence-electron chi connectivity index (χ2n) is 3.82. The standard InChI is InChI=1S/C12H17N3S/c1-3-15-9-11(8-14-15)7-13-10(2)12-5-4-6-16-12/h4-6,8-10,13H,3,7H2,1-2H3/t10-/m0/s1. The molecule has 0 saturated carbocycles. The number of thiophene rings is 1. The van der Waals surface area contributed by atoms with Crippen LogP contribution in [0.4, 0.5) is 0 Å². The lowest BCUT2D eigenvalue weighted by atomic mass is 10.2. The topological polar surface area (TPSA) is 29.9 Å². The monoisotopic (exact) mass is 235 g/mol. The molecular formula is C12H17N3S. The zero-order chi connectivity index (χ0) is 11.4. The van der Waals surface area contributed by atoms with E-state index in [1.807, 2.05) is 10.9 Å². The summed E-state index contributed by atoms with van der Waals surface area (Å²) in [7, 11) is 0. The number of aromatic nitrogens is 2. The summed E-state index contributed by atoms with van der Waals surface area (Å²) in [4.78, 5) is 1.38.